The van der Waals surface area contributed by atoms with E-state index in [2.05, 4.69) is 6.07 Å². The van der Waals surface area contributed by atoms with Gasteiger partial charge in [0, 0.05) is 20.0 Å². The smallest absolute Gasteiger partial charge is 0.263 e. The summed E-state index contributed by atoms with van der Waals surface area (Å²) in [5.74, 6) is 0.751. The van der Waals surface area contributed by atoms with E-state index in [0.717, 1.165) is 23.4 Å². The Bertz CT molecular complexity index is 508. The van der Waals surface area contributed by atoms with Crippen LogP contribution in [0.4, 0.5) is 0 Å². The Kier molecular flexibility index (Phi) is 3.24. The second-order valence-electron chi connectivity index (χ2n) is 4.71. The molecule has 0 aromatic heterocycles. The normalized spacial score (nSPS) is 18.9. The molecule has 1 aliphatic heterocycles. The van der Waals surface area contributed by atoms with Gasteiger partial charge in [0.05, 0.1) is 11.6 Å². The van der Waals surface area contributed by atoms with Crippen LogP contribution in [0.1, 0.15) is 23.1 Å². The van der Waals surface area contributed by atoms with Crippen molar-refractivity contribution in [2.24, 2.45) is 0 Å². The highest BCUT2D eigenvalue weighted by atomic mass is 16.5. The largest absolute Gasteiger partial charge is 0.480 e. The fourth-order valence-electron chi connectivity index (χ4n) is 2.24. The maximum Gasteiger partial charge on any atom is 0.263 e. The van der Waals surface area contributed by atoms with Gasteiger partial charge in [-0.3, -0.25) is 4.79 Å². The minimum atomic E-state index is -0.389. The molecule has 18 heavy (non-hydrogen) atoms. The highest BCUT2D eigenvalue weighted by Gasteiger charge is 2.31. The van der Waals surface area contributed by atoms with E-state index in [1.807, 2.05) is 13.8 Å². The second kappa shape index (κ2) is 4.69. The zero-order valence-corrected chi connectivity index (χ0v) is 10.9. The predicted molar refractivity (Wildman–Crippen MR) is 67.3 cm³/mol. The third kappa shape index (κ3) is 2.17. The number of hydrogen-bond donors (Lipinski definition) is 0. The summed E-state index contributed by atoms with van der Waals surface area (Å²) < 4.78 is 5.82. The van der Waals surface area contributed by atoms with Crippen molar-refractivity contribution in [3.63, 3.8) is 0 Å². The van der Waals surface area contributed by atoms with Gasteiger partial charge in [-0.25, -0.2) is 0 Å². The first-order chi connectivity index (χ1) is 8.52. The van der Waals surface area contributed by atoms with Gasteiger partial charge < -0.3 is 9.64 Å². The van der Waals surface area contributed by atoms with Gasteiger partial charge in [0.1, 0.15) is 5.75 Å². The fraction of sp³-hybridized carbons (Fsp3) is 0.429. The van der Waals surface area contributed by atoms with Gasteiger partial charge in [0.25, 0.3) is 5.91 Å². The lowest BCUT2D eigenvalue weighted by atomic mass is 10.1. The molecule has 1 atom stereocenters. The number of carbonyl (C=O) groups is 1. The number of rotatable bonds is 2. The number of amides is 1. The topological polar surface area (TPSA) is 53.3 Å². The van der Waals surface area contributed by atoms with Crippen molar-refractivity contribution in [2.45, 2.75) is 26.4 Å². The SMILES string of the molecule is Cc1cc(C#N)cc(C)c1OC1CCN(C)C1=O. The number of nitriles is 1. The first kappa shape index (κ1) is 12.4. The van der Waals surface area contributed by atoms with E-state index in [-0.39, 0.29) is 12.0 Å². The maximum atomic E-state index is 11.8. The molecule has 0 saturated carbocycles. The van der Waals surface area contributed by atoms with Crippen molar-refractivity contribution < 1.29 is 9.53 Å². The van der Waals surface area contributed by atoms with Crippen LogP contribution >= 0.6 is 0 Å². The number of hydrogen-bond acceptors (Lipinski definition) is 3. The molecule has 1 aromatic rings. The fourth-order valence-corrected chi connectivity index (χ4v) is 2.24. The van der Waals surface area contributed by atoms with E-state index in [0.29, 0.717) is 12.0 Å². The zero-order valence-electron chi connectivity index (χ0n) is 10.9. The van der Waals surface area contributed by atoms with Gasteiger partial charge in [-0.1, -0.05) is 0 Å². The highest BCUT2D eigenvalue weighted by molar-refractivity contribution is 5.83. The van der Waals surface area contributed by atoms with E-state index < -0.39 is 0 Å². The predicted octanol–water partition coefficient (Wildman–Crippen LogP) is 1.78. The Morgan fingerprint density at radius 1 is 1.39 bits per heavy atom. The monoisotopic (exact) mass is 244 g/mol. The van der Waals surface area contributed by atoms with Crippen molar-refractivity contribution in [2.75, 3.05) is 13.6 Å². The lowest BCUT2D eigenvalue weighted by Crippen LogP contribution is -2.29. The molecule has 0 bridgehead atoms. The van der Waals surface area contributed by atoms with Crippen LogP contribution in [0.25, 0.3) is 0 Å². The molecule has 1 amide bonds. The summed E-state index contributed by atoms with van der Waals surface area (Å²) in [5.41, 5.74) is 2.41. The van der Waals surface area contributed by atoms with Crippen LogP contribution in [-0.4, -0.2) is 30.5 Å². The van der Waals surface area contributed by atoms with Crippen LogP contribution in [-0.2, 0) is 4.79 Å². The van der Waals surface area contributed by atoms with E-state index in [1.54, 1.807) is 24.1 Å². The Balaban J connectivity index is 2.25. The highest BCUT2D eigenvalue weighted by Crippen LogP contribution is 2.27. The van der Waals surface area contributed by atoms with Gasteiger partial charge in [-0.15, -0.1) is 0 Å². The summed E-state index contributed by atoms with van der Waals surface area (Å²) in [6.07, 6.45) is 0.328. The minimum Gasteiger partial charge on any atom is -0.480 e. The number of aryl methyl sites for hydroxylation is 2. The Morgan fingerprint density at radius 3 is 2.44 bits per heavy atom. The number of likely N-dealkylation sites (N-methyl/N-ethyl adjacent to an activating group) is 1. The van der Waals surface area contributed by atoms with Crippen molar-refractivity contribution in [1.82, 2.24) is 4.90 Å². The van der Waals surface area contributed by atoms with Gasteiger partial charge in [0.15, 0.2) is 6.10 Å². The van der Waals surface area contributed by atoms with Gasteiger partial charge in [-0.05, 0) is 37.1 Å². The van der Waals surface area contributed by atoms with E-state index >= 15 is 0 Å². The number of carbonyl (C=O) groups excluding carboxylic acids is 1. The summed E-state index contributed by atoms with van der Waals surface area (Å²) in [6, 6.07) is 5.68. The summed E-state index contributed by atoms with van der Waals surface area (Å²) in [6.45, 7) is 4.52. The number of likely N-dealkylation sites (tertiary alicyclic amines) is 1. The standard InChI is InChI=1S/C14H16N2O2/c1-9-6-11(8-15)7-10(2)13(9)18-12-4-5-16(3)14(12)17/h6-7,12H,4-5H2,1-3H3. The summed E-state index contributed by atoms with van der Waals surface area (Å²) in [4.78, 5) is 13.5. The molecule has 1 heterocycles. The lowest BCUT2D eigenvalue weighted by Gasteiger charge is -2.17. The summed E-state index contributed by atoms with van der Waals surface area (Å²) >= 11 is 0. The third-order valence-electron chi connectivity index (χ3n) is 3.23. The van der Waals surface area contributed by atoms with Crippen LogP contribution < -0.4 is 4.74 Å². The quantitative estimate of drug-likeness (QED) is 0.797. The average molecular weight is 244 g/mol. The molecule has 4 nitrogen and oxygen atoms in total. The molecule has 1 saturated heterocycles. The molecular formula is C14H16N2O2. The lowest BCUT2D eigenvalue weighted by molar-refractivity contribution is -0.132. The van der Waals surface area contributed by atoms with Crippen molar-refractivity contribution in [1.29, 1.82) is 5.26 Å². The van der Waals surface area contributed by atoms with Crippen LogP contribution in [0, 0.1) is 25.2 Å². The number of nitrogens with zero attached hydrogens (tertiary/aromatic N) is 2. The molecule has 1 fully saturated rings. The molecule has 94 valence electrons. The van der Waals surface area contributed by atoms with Crippen LogP contribution in [0.5, 0.6) is 5.75 Å². The van der Waals surface area contributed by atoms with E-state index in [1.165, 1.54) is 0 Å². The molecule has 0 N–H and O–H groups in total. The van der Waals surface area contributed by atoms with Crippen molar-refractivity contribution >= 4 is 5.91 Å². The Hall–Kier alpha value is -2.02. The van der Waals surface area contributed by atoms with Crippen molar-refractivity contribution in [3.05, 3.63) is 28.8 Å². The van der Waals surface area contributed by atoms with E-state index in [9.17, 15) is 4.79 Å². The molecule has 1 unspecified atom stereocenters. The third-order valence-corrected chi connectivity index (χ3v) is 3.23. The van der Waals surface area contributed by atoms with E-state index in [4.69, 9.17) is 10.00 Å². The summed E-state index contributed by atoms with van der Waals surface area (Å²) in [5, 5.41) is 8.89. The molecular weight excluding hydrogens is 228 g/mol. The average Bonchev–Trinajstić information content (AvgIpc) is 2.65. The first-order valence-electron chi connectivity index (χ1n) is 5.96. The first-order valence-corrected chi connectivity index (χ1v) is 5.96. The maximum absolute atomic E-state index is 11.8. The van der Waals surface area contributed by atoms with Crippen LogP contribution in [0.15, 0.2) is 12.1 Å². The Morgan fingerprint density at radius 2 is 2.00 bits per heavy atom. The number of benzene rings is 1. The minimum absolute atomic E-state index is 0.0261. The van der Waals surface area contributed by atoms with Crippen LogP contribution in [0.2, 0.25) is 0 Å². The Labute approximate surface area is 107 Å². The molecule has 0 spiro atoms. The molecule has 0 radical (unpaired) electrons. The van der Waals surface area contributed by atoms with Gasteiger partial charge in [0.2, 0.25) is 0 Å². The van der Waals surface area contributed by atoms with Crippen molar-refractivity contribution in [3.8, 4) is 11.8 Å². The summed E-state index contributed by atoms with van der Waals surface area (Å²) in [7, 11) is 1.78. The molecule has 1 aromatic carbocycles. The van der Waals surface area contributed by atoms with Gasteiger partial charge in [-0.2, -0.15) is 5.26 Å². The zero-order chi connectivity index (χ0) is 13.3. The molecule has 2 rings (SSSR count). The molecule has 1 aliphatic rings. The second-order valence-corrected chi connectivity index (χ2v) is 4.71. The van der Waals surface area contributed by atoms with Gasteiger partial charge >= 0.3 is 0 Å². The number of ether oxygens (including phenoxy) is 1. The molecule has 4 heteroatoms. The van der Waals surface area contributed by atoms with Crippen LogP contribution in [0.3, 0.4) is 0 Å². The molecule has 0 aliphatic carbocycles.